The maximum Gasteiger partial charge on any atom is 0.312 e. The Hall–Kier alpha value is 0.491. The fourth-order valence-corrected chi connectivity index (χ4v) is 21.0. The molecule has 0 saturated heterocycles. The molecule has 0 aromatic rings. The van der Waals surface area contributed by atoms with Gasteiger partial charge < -0.3 is 8.23 Å². The van der Waals surface area contributed by atoms with Crippen molar-refractivity contribution in [3.63, 3.8) is 0 Å². The van der Waals surface area contributed by atoms with Crippen LogP contribution < -0.4 is 0 Å². The lowest BCUT2D eigenvalue weighted by Gasteiger charge is -2.49. The summed E-state index contributed by atoms with van der Waals surface area (Å²) in [5.74, 6) is 0. The van der Waals surface area contributed by atoms with E-state index in [1.807, 2.05) is 0 Å². The first-order valence-corrected chi connectivity index (χ1v) is 18.4. The maximum absolute atomic E-state index is 6.85. The minimum absolute atomic E-state index is 0.486. The molecule has 0 heterocycles. The molecule has 0 rings (SSSR count). The molecule has 0 saturated carbocycles. The monoisotopic (exact) mass is 406 g/mol. The van der Waals surface area contributed by atoms with E-state index >= 15 is 0 Å². The van der Waals surface area contributed by atoms with Gasteiger partial charge in [-0.05, 0) is 63.4 Å². The lowest BCUT2D eigenvalue weighted by Crippen LogP contribution is -2.66. The summed E-state index contributed by atoms with van der Waals surface area (Å²) in [6.07, 6.45) is 0. The molecule has 0 aliphatic rings. The SMILES string of the molecule is CC(C)N(C(C)C)[Si](C)(C)O[Si](C)(C)O[Si](C)(C)N(C(C)C)C(C)C. The third kappa shape index (κ3) is 7.56. The van der Waals surface area contributed by atoms with Gasteiger partial charge in [0, 0.05) is 0 Å². The lowest BCUT2D eigenvalue weighted by atomic mass is 10.3. The van der Waals surface area contributed by atoms with E-state index in [-0.39, 0.29) is 0 Å². The smallest absolute Gasteiger partial charge is 0.312 e. The Bertz CT molecular complexity index is 359. The summed E-state index contributed by atoms with van der Waals surface area (Å²) < 4.78 is 18.8. The Balaban J connectivity index is 5.43. The second-order valence-electron chi connectivity index (χ2n) is 9.69. The molecular formula is C18H46N2O2Si3. The summed E-state index contributed by atoms with van der Waals surface area (Å²) in [6.45, 7) is 31.9. The molecule has 0 atom stereocenters. The second-order valence-corrected chi connectivity index (χ2v) is 20.9. The molecule has 152 valence electrons. The standard InChI is InChI=1S/C18H46N2O2Si3/c1-15(2)19(16(3)4)23(9,10)21-25(13,14)22-24(11,12)20(17(5)6)18(7)8/h15-18H,1-14H3. The minimum atomic E-state index is -2.24. The van der Waals surface area contributed by atoms with Crippen molar-refractivity contribution in [1.29, 1.82) is 0 Å². The van der Waals surface area contributed by atoms with Gasteiger partial charge in [0.25, 0.3) is 17.0 Å². The summed E-state index contributed by atoms with van der Waals surface area (Å²) in [6, 6.07) is 1.94. The first-order chi connectivity index (χ1) is 10.9. The molecule has 0 N–H and O–H groups in total. The van der Waals surface area contributed by atoms with E-state index < -0.39 is 25.5 Å². The number of hydrogen-bond donors (Lipinski definition) is 0. The number of hydrogen-bond acceptors (Lipinski definition) is 4. The molecule has 25 heavy (non-hydrogen) atoms. The fourth-order valence-electron chi connectivity index (χ4n) is 5.01. The van der Waals surface area contributed by atoms with E-state index in [9.17, 15) is 0 Å². The van der Waals surface area contributed by atoms with Crippen LogP contribution in [0.15, 0.2) is 0 Å². The lowest BCUT2D eigenvalue weighted by molar-refractivity contribution is 0.219. The zero-order valence-electron chi connectivity index (χ0n) is 19.5. The van der Waals surface area contributed by atoms with Gasteiger partial charge in [-0.2, -0.15) is 0 Å². The third-order valence-corrected chi connectivity index (χ3v) is 16.9. The van der Waals surface area contributed by atoms with Crippen LogP contribution in [0.4, 0.5) is 0 Å². The van der Waals surface area contributed by atoms with Gasteiger partial charge in [-0.1, -0.05) is 55.4 Å². The Kier molecular flexibility index (Phi) is 9.30. The van der Waals surface area contributed by atoms with Crippen LogP contribution in [0.1, 0.15) is 55.4 Å². The van der Waals surface area contributed by atoms with Crippen molar-refractivity contribution in [3.05, 3.63) is 0 Å². The highest BCUT2D eigenvalue weighted by Crippen LogP contribution is 2.28. The number of rotatable bonds is 10. The van der Waals surface area contributed by atoms with Crippen molar-refractivity contribution in [2.75, 3.05) is 0 Å². The molecule has 0 radical (unpaired) electrons. The van der Waals surface area contributed by atoms with Crippen molar-refractivity contribution >= 4 is 25.5 Å². The van der Waals surface area contributed by atoms with E-state index in [0.717, 1.165) is 0 Å². The molecule has 4 nitrogen and oxygen atoms in total. The Morgan fingerprint density at radius 3 is 0.840 bits per heavy atom. The topological polar surface area (TPSA) is 24.9 Å². The zero-order chi connectivity index (χ0) is 20.4. The molecule has 0 aromatic carbocycles. The zero-order valence-corrected chi connectivity index (χ0v) is 22.5. The maximum atomic E-state index is 6.85. The van der Waals surface area contributed by atoms with Crippen LogP contribution in [0.2, 0.25) is 39.3 Å². The summed E-state index contributed by atoms with van der Waals surface area (Å²) in [5.41, 5.74) is 0. The van der Waals surface area contributed by atoms with Crippen LogP contribution in [0.3, 0.4) is 0 Å². The Labute approximate surface area is 161 Å². The van der Waals surface area contributed by atoms with E-state index in [0.29, 0.717) is 24.2 Å². The van der Waals surface area contributed by atoms with Crippen LogP contribution in [0.5, 0.6) is 0 Å². The highest BCUT2D eigenvalue weighted by molar-refractivity contribution is 6.86. The summed E-state index contributed by atoms with van der Waals surface area (Å²) in [4.78, 5) is 0. The highest BCUT2D eigenvalue weighted by Gasteiger charge is 2.46. The predicted molar refractivity (Wildman–Crippen MR) is 119 cm³/mol. The normalized spacial score (nSPS) is 14.9. The second kappa shape index (κ2) is 9.12. The van der Waals surface area contributed by atoms with Gasteiger partial charge in [-0.3, -0.25) is 9.13 Å². The molecule has 0 bridgehead atoms. The first-order valence-electron chi connectivity index (χ1n) is 9.92. The molecule has 7 heteroatoms. The fraction of sp³-hybridized carbons (Fsp3) is 1.00. The molecule has 0 spiro atoms. The van der Waals surface area contributed by atoms with Crippen LogP contribution in [-0.2, 0) is 8.23 Å². The average molecular weight is 407 g/mol. The predicted octanol–water partition coefficient (Wildman–Crippen LogP) is 5.36. The molecule has 0 aliphatic carbocycles. The van der Waals surface area contributed by atoms with Gasteiger partial charge in [-0.25, -0.2) is 0 Å². The van der Waals surface area contributed by atoms with Crippen molar-refractivity contribution in [1.82, 2.24) is 9.13 Å². The van der Waals surface area contributed by atoms with Crippen molar-refractivity contribution in [3.8, 4) is 0 Å². The minimum Gasteiger partial charge on any atom is -0.424 e. The van der Waals surface area contributed by atoms with Gasteiger partial charge in [0.2, 0.25) is 0 Å². The van der Waals surface area contributed by atoms with Crippen molar-refractivity contribution in [2.24, 2.45) is 0 Å². The van der Waals surface area contributed by atoms with Gasteiger partial charge in [0.1, 0.15) is 0 Å². The van der Waals surface area contributed by atoms with Crippen LogP contribution >= 0.6 is 0 Å². The molecular weight excluding hydrogens is 360 g/mol. The molecule has 0 fully saturated rings. The van der Waals surface area contributed by atoms with Gasteiger partial charge >= 0.3 is 8.56 Å². The van der Waals surface area contributed by atoms with Gasteiger partial charge in [0.15, 0.2) is 0 Å². The van der Waals surface area contributed by atoms with Crippen LogP contribution in [0, 0.1) is 0 Å². The highest BCUT2D eigenvalue weighted by atomic mass is 28.5. The van der Waals surface area contributed by atoms with E-state index in [4.69, 9.17) is 8.23 Å². The largest absolute Gasteiger partial charge is 0.424 e. The quantitative estimate of drug-likeness (QED) is 0.456. The van der Waals surface area contributed by atoms with E-state index in [2.05, 4.69) is 104 Å². The summed E-state index contributed by atoms with van der Waals surface area (Å²) in [7, 11) is -6.26. The third-order valence-electron chi connectivity index (χ3n) is 4.46. The van der Waals surface area contributed by atoms with Gasteiger partial charge in [0.05, 0.1) is 0 Å². The Morgan fingerprint density at radius 1 is 0.480 bits per heavy atom. The van der Waals surface area contributed by atoms with Crippen molar-refractivity contribution < 1.29 is 8.23 Å². The summed E-state index contributed by atoms with van der Waals surface area (Å²) in [5, 5.41) is 0. The molecule has 0 aliphatic heterocycles. The molecule has 0 amide bonds. The summed E-state index contributed by atoms with van der Waals surface area (Å²) >= 11 is 0. The van der Waals surface area contributed by atoms with Crippen molar-refractivity contribution in [2.45, 2.75) is 119 Å². The average Bonchev–Trinajstić information content (AvgIpc) is 2.19. The molecule has 0 unspecified atom stereocenters. The Morgan fingerprint density at radius 2 is 0.680 bits per heavy atom. The van der Waals surface area contributed by atoms with Gasteiger partial charge in [-0.15, -0.1) is 0 Å². The van der Waals surface area contributed by atoms with E-state index in [1.54, 1.807) is 0 Å². The molecule has 0 aromatic heterocycles. The van der Waals surface area contributed by atoms with Crippen LogP contribution in [0.25, 0.3) is 0 Å². The number of nitrogens with zero attached hydrogens (tertiary/aromatic N) is 2. The van der Waals surface area contributed by atoms with E-state index in [1.165, 1.54) is 0 Å². The van der Waals surface area contributed by atoms with Crippen LogP contribution in [-0.4, -0.2) is 58.8 Å². The first kappa shape index (κ1) is 25.5.